The van der Waals surface area contributed by atoms with Gasteiger partial charge in [-0.1, -0.05) is 48.0 Å². The van der Waals surface area contributed by atoms with Gasteiger partial charge in [-0.05, 0) is 74.5 Å². The number of carbonyl (C=O) groups excluding carboxylic acids is 2. The van der Waals surface area contributed by atoms with E-state index < -0.39 is 5.60 Å². The number of aliphatic hydroxyl groups is 1. The van der Waals surface area contributed by atoms with Crippen LogP contribution in [-0.4, -0.2) is 130 Å². The number of nitrogens with one attached hydrogen (secondary N) is 2. The summed E-state index contributed by atoms with van der Waals surface area (Å²) in [4.78, 5) is 57.1. The number of fused-ring (bicyclic) bond motifs is 2. The van der Waals surface area contributed by atoms with E-state index in [2.05, 4.69) is 37.6 Å². The fourth-order valence-corrected chi connectivity index (χ4v) is 9.61. The maximum atomic E-state index is 14.3. The molecule has 3 aromatic carbocycles. The molecule has 9 rings (SSSR count). The van der Waals surface area contributed by atoms with Crippen molar-refractivity contribution in [3.63, 3.8) is 0 Å². The highest BCUT2D eigenvalue weighted by molar-refractivity contribution is 6.35. The summed E-state index contributed by atoms with van der Waals surface area (Å²) in [6.45, 7) is 8.88. The molecule has 5 heterocycles. The molecule has 0 radical (unpaired) electrons. The second-order valence-electron chi connectivity index (χ2n) is 17.4. The number of hydrogen-bond donors (Lipinski definition) is 3. The first-order valence-corrected chi connectivity index (χ1v) is 22.3. The molecule has 4 aliphatic rings. The van der Waals surface area contributed by atoms with Crippen LogP contribution < -0.4 is 20.9 Å². The summed E-state index contributed by atoms with van der Waals surface area (Å²) in [5.74, 6) is 0.872. The molecule has 2 unspecified atom stereocenters. The number of ether oxygens (including phenoxy) is 1. The molecule has 1 aliphatic carbocycles. The van der Waals surface area contributed by atoms with Crippen molar-refractivity contribution in [3.8, 4) is 5.75 Å². The topological polar surface area (TPSA) is 145 Å². The minimum atomic E-state index is -1.15. The second kappa shape index (κ2) is 18.2. The van der Waals surface area contributed by atoms with Crippen LogP contribution in [0.15, 0.2) is 83.9 Å². The number of aromatic nitrogens is 3. The zero-order chi connectivity index (χ0) is 41.9. The summed E-state index contributed by atoms with van der Waals surface area (Å²) in [5, 5.41) is 20.2. The van der Waals surface area contributed by atoms with E-state index in [9.17, 15) is 19.5 Å². The van der Waals surface area contributed by atoms with Crippen molar-refractivity contribution in [2.75, 3.05) is 78.6 Å². The molecular weight excluding hydrogens is 792 g/mol. The SMILES string of the molecule is O=C(NCCN1CCC(C(=O)N2CCC(O)(Cn3cnc4cc(OCCN5CCNCC5)ccc4c3=O)CC2)C(c2ccccc2)C1)c1ccc2c(Cl)cc(C3CC3)nc2c1. The molecule has 0 spiro atoms. The van der Waals surface area contributed by atoms with E-state index in [1.165, 1.54) is 10.9 Å². The Balaban J connectivity index is 0.784. The zero-order valence-corrected chi connectivity index (χ0v) is 35.4. The molecule has 14 heteroatoms. The Morgan fingerprint density at radius 2 is 1.67 bits per heavy atom. The number of pyridine rings is 1. The van der Waals surface area contributed by atoms with Crippen molar-refractivity contribution in [1.29, 1.82) is 0 Å². The number of nitrogens with zero attached hydrogens (tertiary/aromatic N) is 6. The maximum Gasteiger partial charge on any atom is 0.261 e. The monoisotopic (exact) mass is 846 g/mol. The van der Waals surface area contributed by atoms with Crippen molar-refractivity contribution in [2.45, 2.75) is 56.1 Å². The number of carbonyl (C=O) groups is 2. The molecule has 2 aromatic heterocycles. The minimum Gasteiger partial charge on any atom is -0.492 e. The Morgan fingerprint density at radius 1 is 0.885 bits per heavy atom. The summed E-state index contributed by atoms with van der Waals surface area (Å²) in [7, 11) is 0. The molecule has 3 saturated heterocycles. The largest absolute Gasteiger partial charge is 0.492 e. The highest BCUT2D eigenvalue weighted by Gasteiger charge is 2.41. The van der Waals surface area contributed by atoms with Crippen LogP contribution in [0, 0.1) is 5.92 Å². The zero-order valence-electron chi connectivity index (χ0n) is 34.6. The lowest BCUT2D eigenvalue weighted by atomic mass is 9.79. The summed E-state index contributed by atoms with van der Waals surface area (Å²) >= 11 is 6.55. The third-order valence-electron chi connectivity index (χ3n) is 13.1. The fourth-order valence-electron chi connectivity index (χ4n) is 9.34. The summed E-state index contributed by atoms with van der Waals surface area (Å²) in [5.41, 5.74) is 2.62. The van der Waals surface area contributed by atoms with Crippen molar-refractivity contribution in [2.24, 2.45) is 5.92 Å². The van der Waals surface area contributed by atoms with Crippen LogP contribution in [0.4, 0.5) is 0 Å². The Morgan fingerprint density at radius 3 is 2.46 bits per heavy atom. The van der Waals surface area contributed by atoms with E-state index >= 15 is 0 Å². The first-order chi connectivity index (χ1) is 29.7. The normalized spacial score (nSPS) is 21.1. The average molecular weight is 847 g/mol. The number of likely N-dealkylation sites (tertiary alicyclic amines) is 2. The lowest BCUT2D eigenvalue weighted by Gasteiger charge is -2.43. The maximum absolute atomic E-state index is 14.3. The van der Waals surface area contributed by atoms with Crippen LogP contribution in [0.3, 0.4) is 0 Å². The van der Waals surface area contributed by atoms with Gasteiger partial charge in [0, 0.05) is 106 Å². The van der Waals surface area contributed by atoms with Crippen LogP contribution >= 0.6 is 11.6 Å². The first-order valence-electron chi connectivity index (χ1n) is 21.9. The molecule has 3 N–H and O–H groups in total. The number of hydrogen-bond acceptors (Lipinski definition) is 10. The Bertz CT molecular complexity index is 2430. The van der Waals surface area contributed by atoms with Crippen LogP contribution in [0.1, 0.15) is 65.6 Å². The van der Waals surface area contributed by atoms with Crippen LogP contribution in [-0.2, 0) is 11.3 Å². The average Bonchev–Trinajstić information content (AvgIpc) is 4.14. The predicted octanol–water partition coefficient (Wildman–Crippen LogP) is 4.65. The lowest BCUT2D eigenvalue weighted by Crippen LogP contribution is -2.53. The van der Waals surface area contributed by atoms with Crippen molar-refractivity contribution < 1.29 is 19.4 Å². The predicted molar refractivity (Wildman–Crippen MR) is 236 cm³/mol. The molecule has 61 heavy (non-hydrogen) atoms. The Kier molecular flexibility index (Phi) is 12.4. The van der Waals surface area contributed by atoms with Crippen LogP contribution in [0.25, 0.3) is 21.8 Å². The van der Waals surface area contributed by atoms with Gasteiger partial charge in [-0.15, -0.1) is 0 Å². The molecule has 13 nitrogen and oxygen atoms in total. The smallest absolute Gasteiger partial charge is 0.261 e. The molecule has 0 bridgehead atoms. The Hall–Kier alpha value is -4.92. The van der Waals surface area contributed by atoms with Gasteiger partial charge in [-0.25, -0.2) is 4.98 Å². The van der Waals surface area contributed by atoms with E-state index in [0.29, 0.717) is 91.7 Å². The van der Waals surface area contributed by atoms with E-state index in [1.807, 2.05) is 47.4 Å². The van der Waals surface area contributed by atoms with Crippen LogP contribution in [0.2, 0.25) is 5.02 Å². The third kappa shape index (κ3) is 9.61. The lowest BCUT2D eigenvalue weighted by molar-refractivity contribution is -0.142. The molecule has 2 atom stereocenters. The minimum absolute atomic E-state index is 0.0173. The van der Waals surface area contributed by atoms with Gasteiger partial charge in [0.05, 0.1) is 39.9 Å². The summed E-state index contributed by atoms with van der Waals surface area (Å²) in [6, 6.07) is 23.0. The number of piperazine rings is 1. The van der Waals surface area contributed by atoms with Crippen molar-refractivity contribution in [3.05, 3.63) is 111 Å². The number of rotatable bonds is 13. The van der Waals surface area contributed by atoms with Gasteiger partial charge in [0.25, 0.3) is 11.5 Å². The molecule has 5 aromatic rings. The summed E-state index contributed by atoms with van der Waals surface area (Å²) < 4.78 is 7.48. The Labute approximate surface area is 361 Å². The van der Waals surface area contributed by atoms with Gasteiger partial charge in [0.1, 0.15) is 12.4 Å². The van der Waals surface area contributed by atoms with Gasteiger partial charge in [0.15, 0.2) is 0 Å². The standard InChI is InChI=1S/C47H55ClN8O5/c48-40-28-41(33-6-7-33)52-43-26-34(8-10-37(40)43)44(57)50-17-23-54-18-12-36(39(29-54)32-4-2-1-3-5-32)45(58)55-19-13-47(60,14-20-55)30-56-31-51-42-27-35(9-11-38(42)46(56)59)61-25-24-53-21-15-49-16-22-53/h1-5,8-11,26-28,31,33,36,39,49,60H,6-7,12-25,29-30H2,(H,50,57). The number of piperidine rings is 2. The van der Waals surface area contributed by atoms with E-state index in [0.717, 1.165) is 74.3 Å². The highest BCUT2D eigenvalue weighted by atomic mass is 35.5. The van der Waals surface area contributed by atoms with Crippen molar-refractivity contribution in [1.82, 2.24) is 39.9 Å². The number of halogens is 1. The molecule has 2 amide bonds. The summed E-state index contributed by atoms with van der Waals surface area (Å²) in [6.07, 6.45) is 5.17. The van der Waals surface area contributed by atoms with Gasteiger partial charge >= 0.3 is 0 Å². The number of amides is 2. The fraction of sp³-hybridized carbons (Fsp3) is 0.468. The van der Waals surface area contributed by atoms with Crippen molar-refractivity contribution >= 4 is 45.2 Å². The van der Waals surface area contributed by atoms with Gasteiger partial charge in [-0.2, -0.15) is 0 Å². The molecular formula is C47H55ClN8O5. The quantitative estimate of drug-likeness (QED) is 0.153. The van der Waals surface area contributed by atoms with Gasteiger partial charge in [-0.3, -0.25) is 28.8 Å². The first kappa shape index (κ1) is 41.4. The van der Waals surface area contributed by atoms with Gasteiger partial charge in [0.2, 0.25) is 5.91 Å². The second-order valence-corrected chi connectivity index (χ2v) is 17.8. The van der Waals surface area contributed by atoms with E-state index in [1.54, 1.807) is 18.2 Å². The number of benzene rings is 3. The molecule has 4 fully saturated rings. The van der Waals surface area contributed by atoms with Crippen LogP contribution in [0.5, 0.6) is 5.75 Å². The van der Waals surface area contributed by atoms with E-state index in [4.69, 9.17) is 21.3 Å². The molecule has 320 valence electrons. The molecule has 1 saturated carbocycles. The third-order valence-corrected chi connectivity index (χ3v) is 13.5. The highest BCUT2D eigenvalue weighted by Crippen LogP contribution is 2.41. The van der Waals surface area contributed by atoms with Gasteiger partial charge < -0.3 is 30.3 Å². The van der Waals surface area contributed by atoms with E-state index in [-0.39, 0.29) is 35.8 Å². The molecule has 3 aliphatic heterocycles.